The summed E-state index contributed by atoms with van der Waals surface area (Å²) in [6.45, 7) is 10.6. The normalized spacial score (nSPS) is 18.2. The van der Waals surface area contributed by atoms with Gasteiger partial charge in [0.25, 0.3) is 5.89 Å². The number of rotatable bonds is 6. The molecule has 0 aromatic carbocycles. The molecule has 132 valence electrons. The van der Waals surface area contributed by atoms with Crippen LogP contribution in [0.25, 0.3) is 11.5 Å². The Hall–Kier alpha value is -1.70. The van der Waals surface area contributed by atoms with Gasteiger partial charge in [0.1, 0.15) is 11.5 Å². The van der Waals surface area contributed by atoms with Gasteiger partial charge in [-0.05, 0) is 26.3 Å². The number of aromatic nitrogens is 2. The van der Waals surface area contributed by atoms with Gasteiger partial charge in [-0.25, -0.2) is 0 Å². The van der Waals surface area contributed by atoms with Crippen LogP contribution in [-0.2, 0) is 6.54 Å². The fourth-order valence-electron chi connectivity index (χ4n) is 3.25. The highest BCUT2D eigenvalue weighted by Gasteiger charge is 2.23. The van der Waals surface area contributed by atoms with E-state index in [9.17, 15) is 5.11 Å². The lowest BCUT2D eigenvalue weighted by molar-refractivity contribution is 0.0577. The summed E-state index contributed by atoms with van der Waals surface area (Å²) in [6, 6.07) is 2.19. The molecule has 3 heterocycles. The first kappa shape index (κ1) is 17.1. The van der Waals surface area contributed by atoms with Crippen LogP contribution in [0.15, 0.2) is 14.9 Å². The lowest BCUT2D eigenvalue weighted by Crippen LogP contribution is -2.50. The third-order valence-electron chi connectivity index (χ3n) is 4.70. The first-order valence-corrected chi connectivity index (χ1v) is 8.57. The number of hydrogen-bond donors (Lipinski definition) is 1. The van der Waals surface area contributed by atoms with Gasteiger partial charge >= 0.3 is 0 Å². The van der Waals surface area contributed by atoms with Crippen molar-refractivity contribution in [3.63, 3.8) is 0 Å². The van der Waals surface area contributed by atoms with Crippen LogP contribution in [-0.4, -0.2) is 63.9 Å². The van der Waals surface area contributed by atoms with Crippen molar-refractivity contribution < 1.29 is 13.9 Å². The van der Waals surface area contributed by atoms with Crippen LogP contribution in [0.2, 0.25) is 0 Å². The highest BCUT2D eigenvalue weighted by Crippen LogP contribution is 2.25. The second kappa shape index (κ2) is 7.46. The maximum atomic E-state index is 9.42. The summed E-state index contributed by atoms with van der Waals surface area (Å²) in [4.78, 5) is 4.67. The molecule has 1 aliphatic rings. The largest absolute Gasteiger partial charge is 0.466 e. The minimum Gasteiger partial charge on any atom is -0.466 e. The highest BCUT2D eigenvalue weighted by atomic mass is 16.4. The van der Waals surface area contributed by atoms with Crippen LogP contribution in [0.5, 0.6) is 0 Å². The molecule has 1 saturated heterocycles. The van der Waals surface area contributed by atoms with Gasteiger partial charge in [0.05, 0.1) is 18.7 Å². The Morgan fingerprint density at radius 3 is 2.50 bits per heavy atom. The Bertz CT molecular complexity index is 655. The van der Waals surface area contributed by atoms with Crippen molar-refractivity contribution in [1.29, 1.82) is 0 Å². The second-order valence-corrected chi connectivity index (χ2v) is 6.38. The van der Waals surface area contributed by atoms with E-state index in [-0.39, 0.29) is 12.6 Å². The van der Waals surface area contributed by atoms with Crippen molar-refractivity contribution in [3.05, 3.63) is 23.5 Å². The van der Waals surface area contributed by atoms with Gasteiger partial charge < -0.3 is 13.9 Å². The van der Waals surface area contributed by atoms with Crippen LogP contribution >= 0.6 is 0 Å². The molecule has 0 spiro atoms. The molecule has 0 bridgehead atoms. The molecule has 1 fully saturated rings. The molecule has 2 aromatic heterocycles. The van der Waals surface area contributed by atoms with E-state index >= 15 is 0 Å². The van der Waals surface area contributed by atoms with Crippen molar-refractivity contribution >= 4 is 0 Å². The molecule has 0 saturated carbocycles. The Balaban J connectivity index is 1.57. The molecule has 7 nitrogen and oxygen atoms in total. The zero-order valence-corrected chi connectivity index (χ0v) is 14.7. The molecule has 1 aliphatic heterocycles. The quantitative estimate of drug-likeness (QED) is 0.863. The fourth-order valence-corrected chi connectivity index (χ4v) is 3.25. The topological polar surface area (TPSA) is 78.8 Å². The third-order valence-corrected chi connectivity index (χ3v) is 4.70. The average Bonchev–Trinajstić information content (AvgIpc) is 3.16. The monoisotopic (exact) mass is 334 g/mol. The Morgan fingerprint density at radius 1 is 1.17 bits per heavy atom. The zero-order valence-electron chi connectivity index (χ0n) is 14.7. The molecule has 0 radical (unpaired) electrons. The molecule has 7 heteroatoms. The molecular formula is C17H26N4O3. The number of piperazine rings is 1. The second-order valence-electron chi connectivity index (χ2n) is 6.38. The lowest BCUT2D eigenvalue weighted by Gasteiger charge is -2.37. The molecular weight excluding hydrogens is 308 g/mol. The summed E-state index contributed by atoms with van der Waals surface area (Å²) in [5.41, 5.74) is 0.866. The van der Waals surface area contributed by atoms with Gasteiger partial charge in [0.2, 0.25) is 5.89 Å². The minimum atomic E-state index is 0.229. The van der Waals surface area contributed by atoms with E-state index in [4.69, 9.17) is 8.83 Å². The molecule has 24 heavy (non-hydrogen) atoms. The van der Waals surface area contributed by atoms with Crippen LogP contribution in [0.3, 0.4) is 0 Å². The molecule has 0 aliphatic carbocycles. The number of aliphatic hydroxyl groups is 1. The highest BCUT2D eigenvalue weighted by molar-refractivity contribution is 5.55. The molecule has 0 amide bonds. The lowest BCUT2D eigenvalue weighted by atomic mass is 10.1. The summed E-state index contributed by atoms with van der Waals surface area (Å²) >= 11 is 0. The van der Waals surface area contributed by atoms with Crippen molar-refractivity contribution in [3.8, 4) is 11.5 Å². The van der Waals surface area contributed by atoms with Crippen LogP contribution in [0, 0.1) is 13.8 Å². The summed E-state index contributed by atoms with van der Waals surface area (Å²) in [7, 11) is 0. The van der Waals surface area contributed by atoms with Crippen molar-refractivity contribution in [1.82, 2.24) is 20.0 Å². The molecule has 3 rings (SSSR count). The molecule has 1 N–H and O–H groups in total. The summed E-state index contributed by atoms with van der Waals surface area (Å²) in [5, 5.41) is 17.7. The van der Waals surface area contributed by atoms with E-state index in [1.54, 1.807) is 0 Å². The van der Waals surface area contributed by atoms with Crippen LogP contribution in [0.1, 0.15) is 30.8 Å². The van der Waals surface area contributed by atoms with E-state index < -0.39 is 0 Å². The standard InChI is InChI=1S/C17H26N4O3/c1-4-14(11-22)21-7-5-20(6-8-21)10-16-18-19-17(24-16)15-9-12(2)23-13(15)3/h9,14,22H,4-8,10-11H2,1-3H3. The maximum absolute atomic E-state index is 9.42. The first-order chi connectivity index (χ1) is 11.6. The maximum Gasteiger partial charge on any atom is 0.251 e. The van der Waals surface area contributed by atoms with Gasteiger partial charge in [-0.15, -0.1) is 10.2 Å². The van der Waals surface area contributed by atoms with Crippen LogP contribution < -0.4 is 0 Å². The summed E-state index contributed by atoms with van der Waals surface area (Å²) in [6.07, 6.45) is 0.979. The van der Waals surface area contributed by atoms with E-state index in [1.165, 1.54) is 0 Å². The van der Waals surface area contributed by atoms with Crippen molar-refractivity contribution in [2.75, 3.05) is 32.8 Å². The SMILES string of the molecule is CCC(CO)N1CCN(Cc2nnc(-c3cc(C)oc3C)o2)CC1. The summed E-state index contributed by atoms with van der Waals surface area (Å²) in [5.74, 6) is 2.79. The number of aryl methyl sites for hydroxylation is 2. The van der Waals surface area contributed by atoms with Gasteiger partial charge in [-0.3, -0.25) is 9.80 Å². The van der Waals surface area contributed by atoms with Crippen molar-refractivity contribution in [2.45, 2.75) is 39.8 Å². The smallest absolute Gasteiger partial charge is 0.251 e. The van der Waals surface area contributed by atoms with Gasteiger partial charge in [-0.1, -0.05) is 6.92 Å². The molecule has 1 atom stereocenters. The number of nitrogens with zero attached hydrogens (tertiary/aromatic N) is 4. The zero-order chi connectivity index (χ0) is 17.1. The van der Waals surface area contributed by atoms with E-state index in [2.05, 4.69) is 26.9 Å². The summed E-state index contributed by atoms with van der Waals surface area (Å²) < 4.78 is 11.3. The van der Waals surface area contributed by atoms with Gasteiger partial charge in [-0.2, -0.15) is 0 Å². The minimum absolute atomic E-state index is 0.229. The van der Waals surface area contributed by atoms with Crippen molar-refractivity contribution in [2.24, 2.45) is 0 Å². The molecule has 2 aromatic rings. The number of hydrogen-bond acceptors (Lipinski definition) is 7. The molecule has 1 unspecified atom stereocenters. The number of furan rings is 1. The Kier molecular flexibility index (Phi) is 5.33. The van der Waals surface area contributed by atoms with E-state index in [0.29, 0.717) is 18.3 Å². The first-order valence-electron chi connectivity index (χ1n) is 8.57. The predicted octanol–water partition coefficient (Wildman–Crippen LogP) is 1.83. The van der Waals surface area contributed by atoms with Crippen LogP contribution in [0.4, 0.5) is 0 Å². The third kappa shape index (κ3) is 3.68. The predicted molar refractivity (Wildman–Crippen MR) is 89.5 cm³/mol. The van der Waals surface area contributed by atoms with Gasteiger partial charge in [0, 0.05) is 32.2 Å². The van der Waals surface area contributed by atoms with E-state index in [0.717, 1.165) is 49.7 Å². The Labute approximate surface area is 142 Å². The fraction of sp³-hybridized carbons (Fsp3) is 0.647. The Morgan fingerprint density at radius 2 is 1.92 bits per heavy atom. The average molecular weight is 334 g/mol. The number of aliphatic hydroxyl groups excluding tert-OH is 1. The van der Waals surface area contributed by atoms with E-state index in [1.807, 2.05) is 19.9 Å². The van der Waals surface area contributed by atoms with Gasteiger partial charge in [0.15, 0.2) is 0 Å².